The van der Waals surface area contributed by atoms with Crippen LogP contribution >= 0.6 is 31.9 Å². The molecule has 4 heteroatoms. The first-order valence-electron chi connectivity index (χ1n) is 5.70. The molecule has 0 saturated heterocycles. The zero-order chi connectivity index (χ0) is 14.0. The van der Waals surface area contributed by atoms with Crippen LogP contribution in [0.2, 0.25) is 0 Å². The summed E-state index contributed by atoms with van der Waals surface area (Å²) in [6, 6.07) is 10.1. The highest BCUT2D eigenvalue weighted by Gasteiger charge is 2.12. The van der Waals surface area contributed by atoms with Crippen molar-refractivity contribution in [3.8, 4) is 0 Å². The molecule has 0 fully saturated rings. The van der Waals surface area contributed by atoms with Gasteiger partial charge in [0.2, 0.25) is 0 Å². The van der Waals surface area contributed by atoms with Crippen LogP contribution in [0.1, 0.15) is 21.5 Å². The van der Waals surface area contributed by atoms with Crippen molar-refractivity contribution >= 4 is 37.6 Å². The van der Waals surface area contributed by atoms with Crippen LogP contribution in [0.15, 0.2) is 45.3 Å². The summed E-state index contributed by atoms with van der Waals surface area (Å²) in [6.07, 6.45) is 0.0567. The molecular weight excluding hydrogens is 375 g/mol. The fraction of sp³-hybridized carbons (Fsp3) is 0.133. The van der Waals surface area contributed by atoms with E-state index in [1.54, 1.807) is 18.2 Å². The number of hydrogen-bond donors (Lipinski definition) is 0. The van der Waals surface area contributed by atoms with Gasteiger partial charge < -0.3 is 0 Å². The number of halogens is 3. The van der Waals surface area contributed by atoms with Gasteiger partial charge in [-0.3, -0.25) is 4.79 Å². The Kier molecular flexibility index (Phi) is 4.53. The highest BCUT2D eigenvalue weighted by Crippen LogP contribution is 2.20. The number of rotatable bonds is 3. The highest BCUT2D eigenvalue weighted by molar-refractivity contribution is 9.10. The maximum atomic E-state index is 13.6. The third kappa shape index (κ3) is 3.74. The van der Waals surface area contributed by atoms with Gasteiger partial charge in [-0.05, 0) is 54.4 Å². The number of carbonyl (C=O) groups excluding carboxylic acids is 1. The molecule has 0 saturated carbocycles. The van der Waals surface area contributed by atoms with Crippen molar-refractivity contribution in [3.05, 3.63) is 67.9 Å². The lowest BCUT2D eigenvalue weighted by molar-refractivity contribution is 0.0991. The minimum absolute atomic E-state index is 0.0567. The molecule has 0 heterocycles. The Bertz CT molecular complexity index is 618. The maximum Gasteiger partial charge on any atom is 0.167 e. The van der Waals surface area contributed by atoms with Gasteiger partial charge in [0, 0.05) is 20.9 Å². The van der Waals surface area contributed by atoms with Gasteiger partial charge in [-0.1, -0.05) is 31.9 Å². The molecule has 0 bridgehead atoms. The molecule has 0 unspecified atom stereocenters. The van der Waals surface area contributed by atoms with Crippen LogP contribution in [-0.2, 0) is 6.42 Å². The average Bonchev–Trinajstić information content (AvgIpc) is 2.32. The molecule has 19 heavy (non-hydrogen) atoms. The van der Waals surface area contributed by atoms with E-state index in [0.717, 1.165) is 14.5 Å². The van der Waals surface area contributed by atoms with Crippen molar-refractivity contribution in [2.45, 2.75) is 13.3 Å². The molecule has 0 spiro atoms. The largest absolute Gasteiger partial charge is 0.294 e. The number of benzene rings is 2. The van der Waals surface area contributed by atoms with Gasteiger partial charge in [0.1, 0.15) is 5.82 Å². The SMILES string of the molecule is Cc1cc(Br)cc(C(=O)Cc2cc(Br)ccc2F)c1. The van der Waals surface area contributed by atoms with Crippen LogP contribution in [0.3, 0.4) is 0 Å². The first-order chi connectivity index (χ1) is 8.95. The van der Waals surface area contributed by atoms with E-state index in [2.05, 4.69) is 31.9 Å². The van der Waals surface area contributed by atoms with Gasteiger partial charge in [0.25, 0.3) is 0 Å². The second-order valence-electron chi connectivity index (χ2n) is 4.35. The second kappa shape index (κ2) is 5.97. The van der Waals surface area contributed by atoms with Gasteiger partial charge >= 0.3 is 0 Å². The van der Waals surface area contributed by atoms with Crippen LogP contribution in [0.4, 0.5) is 4.39 Å². The molecule has 0 radical (unpaired) electrons. The lowest BCUT2D eigenvalue weighted by Crippen LogP contribution is -2.05. The van der Waals surface area contributed by atoms with Crippen LogP contribution in [0.5, 0.6) is 0 Å². The first kappa shape index (κ1) is 14.4. The topological polar surface area (TPSA) is 17.1 Å². The van der Waals surface area contributed by atoms with E-state index in [-0.39, 0.29) is 18.0 Å². The Hall–Kier alpha value is -1.00. The number of Topliss-reactive ketones (excluding diaryl/α,β-unsaturated/α-hetero) is 1. The predicted octanol–water partition coefficient (Wildman–Crippen LogP) is 5.08. The van der Waals surface area contributed by atoms with Gasteiger partial charge in [-0.25, -0.2) is 4.39 Å². The molecule has 0 amide bonds. The van der Waals surface area contributed by atoms with Crippen molar-refractivity contribution in [3.63, 3.8) is 0 Å². The minimum atomic E-state index is -0.358. The fourth-order valence-electron chi connectivity index (χ4n) is 1.85. The van der Waals surface area contributed by atoms with Crippen molar-refractivity contribution in [1.82, 2.24) is 0 Å². The fourth-order valence-corrected chi connectivity index (χ4v) is 2.87. The molecule has 1 nitrogen and oxygen atoms in total. The summed E-state index contributed by atoms with van der Waals surface area (Å²) in [4.78, 5) is 12.2. The van der Waals surface area contributed by atoms with E-state index in [4.69, 9.17) is 0 Å². The van der Waals surface area contributed by atoms with E-state index in [9.17, 15) is 9.18 Å². The van der Waals surface area contributed by atoms with Crippen molar-refractivity contribution in [2.24, 2.45) is 0 Å². The van der Waals surface area contributed by atoms with Crippen LogP contribution < -0.4 is 0 Å². The zero-order valence-electron chi connectivity index (χ0n) is 10.2. The quantitative estimate of drug-likeness (QED) is 0.673. The second-order valence-corrected chi connectivity index (χ2v) is 6.18. The van der Waals surface area contributed by atoms with Gasteiger partial charge in [0.15, 0.2) is 5.78 Å². The normalized spacial score (nSPS) is 10.5. The van der Waals surface area contributed by atoms with E-state index in [0.29, 0.717) is 11.1 Å². The molecular formula is C15H11Br2FO. The summed E-state index contributed by atoms with van der Waals surface area (Å²) >= 11 is 6.64. The highest BCUT2D eigenvalue weighted by atomic mass is 79.9. The molecule has 0 aromatic heterocycles. The number of carbonyl (C=O) groups is 1. The molecule has 98 valence electrons. The van der Waals surface area contributed by atoms with Crippen molar-refractivity contribution in [1.29, 1.82) is 0 Å². The minimum Gasteiger partial charge on any atom is -0.294 e. The van der Waals surface area contributed by atoms with Crippen molar-refractivity contribution < 1.29 is 9.18 Å². The molecule has 0 atom stereocenters. The summed E-state index contributed by atoms with van der Waals surface area (Å²) in [5, 5.41) is 0. The molecule has 0 aliphatic rings. The van der Waals surface area contributed by atoms with Crippen LogP contribution in [0.25, 0.3) is 0 Å². The third-order valence-electron chi connectivity index (χ3n) is 2.72. The molecule has 2 aromatic carbocycles. The predicted molar refractivity (Wildman–Crippen MR) is 81.0 cm³/mol. The lowest BCUT2D eigenvalue weighted by atomic mass is 10.0. The molecule has 0 aliphatic carbocycles. The monoisotopic (exact) mass is 384 g/mol. The van der Waals surface area contributed by atoms with Crippen LogP contribution in [0, 0.1) is 12.7 Å². The summed E-state index contributed by atoms with van der Waals surface area (Å²) < 4.78 is 15.2. The summed E-state index contributed by atoms with van der Waals surface area (Å²) in [6.45, 7) is 1.92. The Morgan fingerprint density at radius 3 is 2.53 bits per heavy atom. The molecule has 0 N–H and O–H groups in total. The Morgan fingerprint density at radius 2 is 1.84 bits per heavy atom. The van der Waals surface area contributed by atoms with Crippen LogP contribution in [-0.4, -0.2) is 5.78 Å². The van der Waals surface area contributed by atoms with E-state index >= 15 is 0 Å². The summed E-state index contributed by atoms with van der Waals surface area (Å²) in [5.41, 5.74) is 1.98. The summed E-state index contributed by atoms with van der Waals surface area (Å²) in [7, 11) is 0. The molecule has 0 aliphatic heterocycles. The average molecular weight is 386 g/mol. The smallest absolute Gasteiger partial charge is 0.167 e. The van der Waals surface area contributed by atoms with Crippen molar-refractivity contribution in [2.75, 3.05) is 0 Å². The van der Waals surface area contributed by atoms with Gasteiger partial charge in [-0.2, -0.15) is 0 Å². The Labute approximate surface area is 128 Å². The number of hydrogen-bond acceptors (Lipinski definition) is 1. The van der Waals surface area contributed by atoms with E-state index < -0.39 is 0 Å². The van der Waals surface area contributed by atoms with E-state index in [1.807, 2.05) is 19.1 Å². The standard InChI is InChI=1S/C15H11Br2FO/c1-9-4-11(7-13(17)5-9)15(19)8-10-6-12(16)2-3-14(10)18/h2-7H,8H2,1H3. The Morgan fingerprint density at radius 1 is 1.11 bits per heavy atom. The lowest BCUT2D eigenvalue weighted by Gasteiger charge is -2.05. The number of aryl methyl sites for hydroxylation is 1. The van der Waals surface area contributed by atoms with Gasteiger partial charge in [-0.15, -0.1) is 0 Å². The van der Waals surface area contributed by atoms with Gasteiger partial charge in [0.05, 0.1) is 0 Å². The molecule has 2 aromatic rings. The number of ketones is 1. The maximum absolute atomic E-state index is 13.6. The Balaban J connectivity index is 2.28. The first-order valence-corrected chi connectivity index (χ1v) is 7.28. The molecule has 2 rings (SSSR count). The van der Waals surface area contributed by atoms with E-state index in [1.165, 1.54) is 6.07 Å². The summed E-state index contributed by atoms with van der Waals surface area (Å²) in [5.74, 6) is -0.454. The zero-order valence-corrected chi connectivity index (χ0v) is 13.4. The third-order valence-corrected chi connectivity index (χ3v) is 3.67.